The number of aliphatic hydroxyl groups is 1. The first-order valence-corrected chi connectivity index (χ1v) is 5.88. The lowest BCUT2D eigenvalue weighted by atomic mass is 10.1. The summed E-state index contributed by atoms with van der Waals surface area (Å²) in [6.45, 7) is 4.31. The van der Waals surface area contributed by atoms with E-state index in [0.717, 1.165) is 0 Å². The number of rotatable bonds is 6. The number of hydrogen-bond donors (Lipinski definition) is 3. The van der Waals surface area contributed by atoms with E-state index in [2.05, 4.69) is 5.43 Å². The summed E-state index contributed by atoms with van der Waals surface area (Å²) < 4.78 is 0. The van der Waals surface area contributed by atoms with Gasteiger partial charge in [0.2, 0.25) is 0 Å². The molecule has 0 aliphatic rings. The lowest BCUT2D eigenvalue weighted by Crippen LogP contribution is -2.36. The van der Waals surface area contributed by atoms with Gasteiger partial charge in [-0.3, -0.25) is 20.9 Å². The molecule has 7 nitrogen and oxygen atoms in total. The summed E-state index contributed by atoms with van der Waals surface area (Å²) in [4.78, 5) is 12.2. The maximum absolute atomic E-state index is 10.8. The maximum atomic E-state index is 10.8. The number of non-ortho nitro benzene ring substituents is 1. The number of nitrogen functional groups attached to an aromatic ring is 1. The second-order valence-electron chi connectivity index (χ2n) is 5.23. The predicted octanol–water partition coefficient (Wildman–Crippen LogP) is 1.08. The van der Waals surface area contributed by atoms with Crippen LogP contribution in [0, 0.1) is 10.1 Å². The molecule has 19 heavy (non-hydrogen) atoms. The molecule has 4 N–H and O–H groups in total. The van der Waals surface area contributed by atoms with Crippen LogP contribution in [-0.4, -0.2) is 34.1 Å². The molecule has 0 spiro atoms. The Hall–Kier alpha value is -1.70. The number of likely N-dealkylation sites (N-methyl/N-ethyl adjacent to an activating group) is 1. The third-order valence-electron chi connectivity index (χ3n) is 2.55. The zero-order valence-corrected chi connectivity index (χ0v) is 11.4. The van der Waals surface area contributed by atoms with Crippen molar-refractivity contribution in [2.75, 3.05) is 19.0 Å². The lowest BCUT2D eigenvalue weighted by Gasteiger charge is -2.26. The fourth-order valence-electron chi connectivity index (χ4n) is 1.97. The van der Waals surface area contributed by atoms with Crippen molar-refractivity contribution in [2.45, 2.75) is 26.0 Å². The number of nitrogens with zero attached hydrogens (tertiary/aromatic N) is 2. The number of hydrogen-bond acceptors (Lipinski definition) is 6. The van der Waals surface area contributed by atoms with Gasteiger partial charge in [-0.15, -0.1) is 0 Å². The highest BCUT2D eigenvalue weighted by atomic mass is 16.6. The van der Waals surface area contributed by atoms with Gasteiger partial charge in [-0.2, -0.15) is 0 Å². The lowest BCUT2D eigenvalue weighted by molar-refractivity contribution is -0.384. The summed E-state index contributed by atoms with van der Waals surface area (Å²) in [6, 6.07) is 4.45. The molecular weight excluding hydrogens is 248 g/mol. The Bertz CT molecular complexity index is 457. The van der Waals surface area contributed by atoms with E-state index in [-0.39, 0.29) is 5.69 Å². The van der Waals surface area contributed by atoms with Crippen LogP contribution in [0.4, 0.5) is 11.4 Å². The van der Waals surface area contributed by atoms with E-state index < -0.39 is 10.5 Å². The summed E-state index contributed by atoms with van der Waals surface area (Å²) in [5, 5.41) is 20.5. The minimum absolute atomic E-state index is 0.0191. The topological polar surface area (TPSA) is 105 Å². The molecular formula is C12H20N4O3. The molecule has 1 aromatic rings. The van der Waals surface area contributed by atoms with Crippen LogP contribution >= 0.6 is 0 Å². The first kappa shape index (κ1) is 15.4. The van der Waals surface area contributed by atoms with Crippen LogP contribution in [0.25, 0.3) is 0 Å². The minimum atomic E-state index is -0.828. The molecule has 0 atom stereocenters. The number of nitrogens with one attached hydrogen (secondary N) is 1. The molecule has 0 heterocycles. The standard InChI is InChI=1S/C12H20N4O3/c1-12(2,17)8-15(3)7-9-6-10(16(18)19)4-5-11(9)14-13/h4-6,14,17H,7-8,13H2,1-3H3. The fraction of sp³-hybridized carbons (Fsp3) is 0.500. The van der Waals surface area contributed by atoms with Gasteiger partial charge in [0.25, 0.3) is 5.69 Å². The maximum Gasteiger partial charge on any atom is 0.269 e. The third-order valence-corrected chi connectivity index (χ3v) is 2.55. The zero-order chi connectivity index (χ0) is 14.6. The molecule has 0 fully saturated rings. The highest BCUT2D eigenvalue weighted by Crippen LogP contribution is 2.23. The normalized spacial score (nSPS) is 11.7. The average Bonchev–Trinajstić information content (AvgIpc) is 2.26. The second kappa shape index (κ2) is 5.96. The molecule has 7 heteroatoms. The van der Waals surface area contributed by atoms with Crippen LogP contribution in [-0.2, 0) is 6.54 Å². The molecule has 0 saturated carbocycles. The van der Waals surface area contributed by atoms with E-state index in [0.29, 0.717) is 24.3 Å². The van der Waals surface area contributed by atoms with Gasteiger partial charge in [0.05, 0.1) is 16.2 Å². The number of nitrogens with two attached hydrogens (primary N) is 1. The summed E-state index contributed by atoms with van der Waals surface area (Å²) in [5.41, 5.74) is 3.05. The molecule has 0 radical (unpaired) electrons. The summed E-state index contributed by atoms with van der Waals surface area (Å²) in [6.07, 6.45) is 0. The van der Waals surface area contributed by atoms with E-state index >= 15 is 0 Å². The average molecular weight is 268 g/mol. The Morgan fingerprint density at radius 1 is 1.53 bits per heavy atom. The molecule has 0 amide bonds. The number of anilines is 1. The summed E-state index contributed by atoms with van der Waals surface area (Å²) >= 11 is 0. The number of benzene rings is 1. The van der Waals surface area contributed by atoms with Crippen LogP contribution in [0.1, 0.15) is 19.4 Å². The quantitative estimate of drug-likeness (QED) is 0.405. The van der Waals surface area contributed by atoms with Crippen molar-refractivity contribution < 1.29 is 10.0 Å². The first-order chi connectivity index (χ1) is 8.73. The largest absolute Gasteiger partial charge is 0.389 e. The Labute approximate surface area is 112 Å². The SMILES string of the molecule is CN(Cc1cc([N+](=O)[O-])ccc1NN)CC(C)(C)O. The summed E-state index contributed by atoms with van der Waals surface area (Å²) in [7, 11) is 1.83. The van der Waals surface area contributed by atoms with E-state index in [4.69, 9.17) is 5.84 Å². The Balaban J connectivity index is 2.91. The van der Waals surface area contributed by atoms with Crippen molar-refractivity contribution in [3.8, 4) is 0 Å². The summed E-state index contributed by atoms with van der Waals surface area (Å²) in [5.74, 6) is 5.39. The van der Waals surface area contributed by atoms with Crippen molar-refractivity contribution in [1.29, 1.82) is 0 Å². The van der Waals surface area contributed by atoms with Gasteiger partial charge in [0.1, 0.15) is 0 Å². The first-order valence-electron chi connectivity index (χ1n) is 5.88. The van der Waals surface area contributed by atoms with Gasteiger partial charge in [0.15, 0.2) is 0 Å². The monoisotopic (exact) mass is 268 g/mol. The van der Waals surface area contributed by atoms with Crippen LogP contribution in [0.5, 0.6) is 0 Å². The number of hydrazine groups is 1. The van der Waals surface area contributed by atoms with Crippen molar-refractivity contribution in [2.24, 2.45) is 5.84 Å². The highest BCUT2D eigenvalue weighted by Gasteiger charge is 2.17. The van der Waals surface area contributed by atoms with Crippen molar-refractivity contribution >= 4 is 11.4 Å². The molecule has 0 bridgehead atoms. The number of nitro benzene ring substituents is 1. The van der Waals surface area contributed by atoms with Gasteiger partial charge in [-0.1, -0.05) is 0 Å². The third kappa shape index (κ3) is 4.82. The van der Waals surface area contributed by atoms with Gasteiger partial charge in [0, 0.05) is 25.2 Å². The van der Waals surface area contributed by atoms with Crippen LogP contribution in [0.15, 0.2) is 18.2 Å². The second-order valence-corrected chi connectivity index (χ2v) is 5.23. The van der Waals surface area contributed by atoms with Gasteiger partial charge in [-0.25, -0.2) is 0 Å². The minimum Gasteiger partial charge on any atom is -0.389 e. The smallest absolute Gasteiger partial charge is 0.269 e. The molecule has 0 aliphatic carbocycles. The number of nitro groups is 1. The van der Waals surface area contributed by atoms with E-state index in [1.165, 1.54) is 12.1 Å². The van der Waals surface area contributed by atoms with E-state index in [1.54, 1.807) is 19.9 Å². The molecule has 0 aliphatic heterocycles. The Kier molecular flexibility index (Phi) is 4.82. The molecule has 1 rings (SSSR count). The van der Waals surface area contributed by atoms with E-state index in [1.807, 2.05) is 11.9 Å². The highest BCUT2D eigenvalue weighted by molar-refractivity contribution is 5.55. The molecule has 1 aromatic carbocycles. The predicted molar refractivity (Wildman–Crippen MR) is 73.5 cm³/mol. The zero-order valence-electron chi connectivity index (χ0n) is 11.4. The molecule has 0 saturated heterocycles. The van der Waals surface area contributed by atoms with Crippen LogP contribution < -0.4 is 11.3 Å². The van der Waals surface area contributed by atoms with Gasteiger partial charge in [-0.05, 0) is 32.5 Å². The van der Waals surface area contributed by atoms with Gasteiger partial charge < -0.3 is 10.5 Å². The molecule has 106 valence electrons. The van der Waals surface area contributed by atoms with Crippen molar-refractivity contribution in [3.05, 3.63) is 33.9 Å². The molecule has 0 unspecified atom stereocenters. The fourth-order valence-corrected chi connectivity index (χ4v) is 1.97. The van der Waals surface area contributed by atoms with E-state index in [9.17, 15) is 15.2 Å². The Morgan fingerprint density at radius 3 is 2.63 bits per heavy atom. The van der Waals surface area contributed by atoms with Crippen LogP contribution in [0.3, 0.4) is 0 Å². The Morgan fingerprint density at radius 2 is 2.16 bits per heavy atom. The molecule has 0 aromatic heterocycles. The van der Waals surface area contributed by atoms with Crippen LogP contribution in [0.2, 0.25) is 0 Å². The van der Waals surface area contributed by atoms with Crippen molar-refractivity contribution in [1.82, 2.24) is 4.90 Å². The van der Waals surface area contributed by atoms with Crippen molar-refractivity contribution in [3.63, 3.8) is 0 Å². The van der Waals surface area contributed by atoms with Gasteiger partial charge >= 0.3 is 0 Å².